The fourth-order valence-corrected chi connectivity index (χ4v) is 2.23. The van der Waals surface area contributed by atoms with Crippen LogP contribution in [0, 0.1) is 5.92 Å². The molecule has 1 aromatic carbocycles. The van der Waals surface area contributed by atoms with Gasteiger partial charge in [0.05, 0.1) is 17.9 Å². The van der Waals surface area contributed by atoms with E-state index in [-0.39, 0.29) is 12.0 Å². The van der Waals surface area contributed by atoms with Gasteiger partial charge >= 0.3 is 5.97 Å². The SMILES string of the molecule is CCCOc1cc(C(=O)OC[C@H](CC(C)C)N(C)C)ccc1N. The second kappa shape index (κ2) is 9.40. The second-order valence-electron chi connectivity index (χ2n) is 6.45. The quantitative estimate of drug-likeness (QED) is 0.559. The fraction of sp³-hybridized carbons (Fsp3) is 0.611. The lowest BCUT2D eigenvalue weighted by Gasteiger charge is -2.25. The van der Waals surface area contributed by atoms with Crippen LogP contribution in [0.4, 0.5) is 5.69 Å². The van der Waals surface area contributed by atoms with E-state index < -0.39 is 0 Å². The average Bonchev–Trinajstić information content (AvgIpc) is 2.49. The maximum absolute atomic E-state index is 12.3. The molecule has 0 bridgehead atoms. The standard InChI is InChI=1S/C18H30N2O3/c1-6-9-22-17-11-14(7-8-16(17)19)18(21)23-12-15(20(4)5)10-13(2)3/h7-8,11,13,15H,6,9-10,12,19H2,1-5H3/t15-/m0/s1. The molecule has 0 aliphatic rings. The Morgan fingerprint density at radius 3 is 2.57 bits per heavy atom. The Morgan fingerprint density at radius 1 is 1.30 bits per heavy atom. The highest BCUT2D eigenvalue weighted by Crippen LogP contribution is 2.23. The smallest absolute Gasteiger partial charge is 0.338 e. The highest BCUT2D eigenvalue weighted by Gasteiger charge is 2.17. The van der Waals surface area contributed by atoms with Crippen molar-refractivity contribution < 1.29 is 14.3 Å². The van der Waals surface area contributed by atoms with Crippen LogP contribution in [-0.4, -0.2) is 44.2 Å². The summed E-state index contributed by atoms with van der Waals surface area (Å²) >= 11 is 0. The number of carbonyl (C=O) groups is 1. The van der Waals surface area contributed by atoms with Crippen molar-refractivity contribution in [3.8, 4) is 5.75 Å². The predicted molar refractivity (Wildman–Crippen MR) is 93.9 cm³/mol. The van der Waals surface area contributed by atoms with Crippen molar-refractivity contribution in [2.75, 3.05) is 33.0 Å². The molecule has 0 radical (unpaired) electrons. The van der Waals surface area contributed by atoms with E-state index in [1.165, 1.54) is 0 Å². The largest absolute Gasteiger partial charge is 0.491 e. The van der Waals surface area contributed by atoms with E-state index in [2.05, 4.69) is 18.7 Å². The van der Waals surface area contributed by atoms with Crippen LogP contribution >= 0.6 is 0 Å². The van der Waals surface area contributed by atoms with Gasteiger partial charge in [-0.2, -0.15) is 0 Å². The Kier molecular flexibility index (Phi) is 7.89. The summed E-state index contributed by atoms with van der Waals surface area (Å²) in [6.07, 6.45) is 1.86. The number of benzene rings is 1. The van der Waals surface area contributed by atoms with Crippen LogP contribution in [0.3, 0.4) is 0 Å². The van der Waals surface area contributed by atoms with Gasteiger partial charge in [-0.05, 0) is 51.1 Å². The molecule has 5 heteroatoms. The van der Waals surface area contributed by atoms with E-state index in [0.29, 0.717) is 36.1 Å². The number of hydrogen-bond donors (Lipinski definition) is 1. The van der Waals surface area contributed by atoms with Crippen LogP contribution in [0.5, 0.6) is 5.75 Å². The molecular formula is C18H30N2O3. The van der Waals surface area contributed by atoms with E-state index in [1.807, 2.05) is 21.0 Å². The van der Waals surface area contributed by atoms with Crippen molar-refractivity contribution in [1.29, 1.82) is 0 Å². The molecule has 0 heterocycles. The van der Waals surface area contributed by atoms with Gasteiger partial charge in [-0.25, -0.2) is 4.79 Å². The van der Waals surface area contributed by atoms with E-state index in [4.69, 9.17) is 15.2 Å². The number of anilines is 1. The third-order valence-corrected chi connectivity index (χ3v) is 3.59. The van der Waals surface area contributed by atoms with Crippen molar-refractivity contribution in [2.45, 2.75) is 39.7 Å². The van der Waals surface area contributed by atoms with E-state index in [1.54, 1.807) is 18.2 Å². The molecule has 0 unspecified atom stereocenters. The number of nitrogens with zero attached hydrogens (tertiary/aromatic N) is 1. The van der Waals surface area contributed by atoms with E-state index in [0.717, 1.165) is 12.8 Å². The van der Waals surface area contributed by atoms with E-state index in [9.17, 15) is 4.79 Å². The van der Waals surface area contributed by atoms with Gasteiger partial charge in [-0.3, -0.25) is 0 Å². The molecule has 2 N–H and O–H groups in total. The molecule has 0 aromatic heterocycles. The molecular weight excluding hydrogens is 292 g/mol. The summed E-state index contributed by atoms with van der Waals surface area (Å²) in [7, 11) is 4.00. The number of rotatable bonds is 9. The first kappa shape index (κ1) is 19.3. The van der Waals surface area contributed by atoms with Crippen molar-refractivity contribution in [3.63, 3.8) is 0 Å². The molecule has 0 saturated carbocycles. The summed E-state index contributed by atoms with van der Waals surface area (Å²) < 4.78 is 11.0. The Labute approximate surface area is 139 Å². The van der Waals surface area contributed by atoms with E-state index >= 15 is 0 Å². The number of nitrogen functional groups attached to an aromatic ring is 1. The molecule has 130 valence electrons. The van der Waals surface area contributed by atoms with Gasteiger partial charge < -0.3 is 20.1 Å². The number of carbonyl (C=O) groups excluding carboxylic acids is 1. The second-order valence-corrected chi connectivity index (χ2v) is 6.45. The maximum Gasteiger partial charge on any atom is 0.338 e. The Morgan fingerprint density at radius 2 is 2.00 bits per heavy atom. The first-order valence-corrected chi connectivity index (χ1v) is 8.21. The van der Waals surface area contributed by atoms with Gasteiger partial charge in [0.25, 0.3) is 0 Å². The lowest BCUT2D eigenvalue weighted by Crippen LogP contribution is -2.34. The number of esters is 1. The minimum Gasteiger partial charge on any atom is -0.491 e. The molecule has 0 aliphatic carbocycles. The van der Waals surface area contributed by atoms with Gasteiger partial charge in [0.1, 0.15) is 12.4 Å². The first-order valence-electron chi connectivity index (χ1n) is 8.21. The van der Waals surface area contributed by atoms with Crippen LogP contribution in [-0.2, 0) is 4.74 Å². The lowest BCUT2D eigenvalue weighted by atomic mass is 10.0. The Hall–Kier alpha value is -1.75. The molecule has 5 nitrogen and oxygen atoms in total. The molecule has 23 heavy (non-hydrogen) atoms. The van der Waals surface area contributed by atoms with Gasteiger partial charge in [-0.15, -0.1) is 0 Å². The zero-order chi connectivity index (χ0) is 17.4. The molecule has 1 rings (SSSR count). The van der Waals surface area contributed by atoms with Gasteiger partial charge in [0, 0.05) is 6.04 Å². The summed E-state index contributed by atoms with van der Waals surface area (Å²) in [5.74, 6) is 0.737. The van der Waals surface area contributed by atoms with Gasteiger partial charge in [-0.1, -0.05) is 20.8 Å². The van der Waals surface area contributed by atoms with Crippen LogP contribution in [0.2, 0.25) is 0 Å². The van der Waals surface area contributed by atoms with Crippen LogP contribution < -0.4 is 10.5 Å². The van der Waals surface area contributed by atoms with Crippen molar-refractivity contribution >= 4 is 11.7 Å². The Bertz CT molecular complexity index is 501. The van der Waals surface area contributed by atoms with Crippen LogP contribution in [0.15, 0.2) is 18.2 Å². The topological polar surface area (TPSA) is 64.8 Å². The number of nitrogens with two attached hydrogens (primary N) is 1. The summed E-state index contributed by atoms with van der Waals surface area (Å²) in [4.78, 5) is 14.3. The molecule has 0 aliphatic heterocycles. The third kappa shape index (κ3) is 6.48. The van der Waals surface area contributed by atoms with Crippen molar-refractivity contribution in [2.24, 2.45) is 5.92 Å². The number of ether oxygens (including phenoxy) is 2. The van der Waals surface area contributed by atoms with Crippen LogP contribution in [0.25, 0.3) is 0 Å². The molecule has 0 amide bonds. The molecule has 0 fully saturated rings. The van der Waals surface area contributed by atoms with Crippen molar-refractivity contribution in [3.05, 3.63) is 23.8 Å². The minimum absolute atomic E-state index is 0.212. The van der Waals surface area contributed by atoms with Gasteiger partial charge in [0.2, 0.25) is 0 Å². The highest BCUT2D eigenvalue weighted by atomic mass is 16.5. The third-order valence-electron chi connectivity index (χ3n) is 3.59. The zero-order valence-corrected chi connectivity index (χ0v) is 15.0. The fourth-order valence-electron chi connectivity index (χ4n) is 2.23. The lowest BCUT2D eigenvalue weighted by molar-refractivity contribution is 0.0379. The number of hydrogen-bond acceptors (Lipinski definition) is 5. The summed E-state index contributed by atoms with van der Waals surface area (Å²) in [6, 6.07) is 5.21. The summed E-state index contributed by atoms with van der Waals surface area (Å²) in [6.45, 7) is 7.29. The van der Waals surface area contributed by atoms with Gasteiger partial charge in [0.15, 0.2) is 0 Å². The highest BCUT2D eigenvalue weighted by molar-refractivity contribution is 5.90. The maximum atomic E-state index is 12.3. The molecule has 0 spiro atoms. The molecule has 1 aromatic rings. The minimum atomic E-state index is -0.345. The predicted octanol–water partition coefficient (Wildman–Crippen LogP) is 3.19. The molecule has 0 saturated heterocycles. The number of likely N-dealkylation sites (N-methyl/N-ethyl adjacent to an activating group) is 1. The van der Waals surface area contributed by atoms with Crippen molar-refractivity contribution in [1.82, 2.24) is 4.90 Å². The monoisotopic (exact) mass is 322 g/mol. The Balaban J connectivity index is 2.69. The summed E-state index contributed by atoms with van der Waals surface area (Å²) in [5, 5.41) is 0. The van der Waals surface area contributed by atoms with Crippen LogP contribution in [0.1, 0.15) is 44.0 Å². The zero-order valence-electron chi connectivity index (χ0n) is 15.0. The normalized spacial score (nSPS) is 12.5. The molecule has 1 atom stereocenters. The average molecular weight is 322 g/mol. The first-order chi connectivity index (χ1) is 10.8. The summed E-state index contributed by atoms with van der Waals surface area (Å²) in [5.41, 5.74) is 6.86.